The fourth-order valence-corrected chi connectivity index (χ4v) is 3.16. The molecule has 2 rings (SSSR count). The Labute approximate surface area is 155 Å². The van der Waals surface area contributed by atoms with Crippen LogP contribution in [-0.2, 0) is 11.2 Å². The highest BCUT2D eigenvalue weighted by Gasteiger charge is 2.42. The van der Waals surface area contributed by atoms with Crippen molar-refractivity contribution in [2.45, 2.75) is 51.3 Å². The number of alkyl halides is 3. The number of benzene rings is 1. The molecule has 27 heavy (non-hydrogen) atoms. The lowest BCUT2D eigenvalue weighted by molar-refractivity contribution is -0.220. The lowest BCUT2D eigenvalue weighted by Gasteiger charge is -2.24. The summed E-state index contributed by atoms with van der Waals surface area (Å²) in [6.07, 6.45) is -4.35. The van der Waals surface area contributed by atoms with Gasteiger partial charge >= 0.3 is 6.18 Å². The number of carbonyl (C=O) groups excluding carboxylic acids is 1. The highest BCUT2D eigenvalue weighted by molar-refractivity contribution is 5.86. The minimum absolute atomic E-state index is 0.0188. The summed E-state index contributed by atoms with van der Waals surface area (Å²) < 4.78 is 38.6. The quantitative estimate of drug-likeness (QED) is 0.742. The molecule has 0 saturated heterocycles. The van der Waals surface area contributed by atoms with Crippen LogP contribution >= 0.6 is 0 Å². The van der Waals surface area contributed by atoms with Crippen molar-refractivity contribution in [2.24, 2.45) is 5.92 Å². The monoisotopic (exact) mass is 378 g/mol. The van der Waals surface area contributed by atoms with Gasteiger partial charge in [-0.05, 0) is 55.5 Å². The Morgan fingerprint density at radius 2 is 2.04 bits per heavy atom. The molecule has 0 radical (unpaired) electrons. The van der Waals surface area contributed by atoms with E-state index in [1.807, 2.05) is 18.2 Å². The number of nitriles is 1. The number of nitrogens with zero attached hydrogens (tertiary/aromatic N) is 2. The van der Waals surface area contributed by atoms with Crippen molar-refractivity contribution >= 4 is 16.6 Å². The molecule has 0 bridgehead atoms. The first-order valence-corrected chi connectivity index (χ1v) is 8.74. The van der Waals surface area contributed by atoms with Gasteiger partial charge in [-0.15, -0.1) is 0 Å². The van der Waals surface area contributed by atoms with Crippen LogP contribution in [0.3, 0.4) is 0 Å². The van der Waals surface area contributed by atoms with Crippen molar-refractivity contribution in [3.05, 3.63) is 41.7 Å². The molecule has 2 unspecified atom stereocenters. The van der Waals surface area contributed by atoms with Gasteiger partial charge in [0.15, 0.2) is 6.10 Å². The first-order chi connectivity index (χ1) is 12.7. The Kier molecular flexibility index (Phi) is 6.92. The second-order valence-electron chi connectivity index (χ2n) is 6.71. The van der Waals surface area contributed by atoms with Gasteiger partial charge in [0.25, 0.3) is 0 Å². The van der Waals surface area contributed by atoms with Crippen LogP contribution < -0.4 is 0 Å². The fourth-order valence-electron chi connectivity index (χ4n) is 3.16. The van der Waals surface area contributed by atoms with Crippen molar-refractivity contribution in [1.29, 1.82) is 5.26 Å². The molecule has 0 saturated carbocycles. The Hall–Kier alpha value is -2.46. The summed E-state index contributed by atoms with van der Waals surface area (Å²) >= 11 is 0. The molecule has 0 aliphatic rings. The molecule has 1 heterocycles. The molecular weight excluding hydrogens is 357 g/mol. The maximum Gasteiger partial charge on any atom is 0.414 e. The number of Topliss-reactive ketones (excluding diaryl/α,β-unsaturated/α-hetero) is 1. The van der Waals surface area contributed by atoms with Gasteiger partial charge in [-0.25, -0.2) is 4.98 Å². The van der Waals surface area contributed by atoms with E-state index in [0.29, 0.717) is 18.5 Å². The molecule has 2 atom stereocenters. The van der Waals surface area contributed by atoms with E-state index in [4.69, 9.17) is 5.26 Å². The Morgan fingerprint density at radius 3 is 2.67 bits per heavy atom. The molecule has 7 heteroatoms. The van der Waals surface area contributed by atoms with Crippen LogP contribution in [0.2, 0.25) is 0 Å². The maximum absolute atomic E-state index is 12.9. The molecule has 2 aromatic rings. The van der Waals surface area contributed by atoms with Gasteiger partial charge in [-0.2, -0.15) is 18.4 Å². The van der Waals surface area contributed by atoms with E-state index in [0.717, 1.165) is 16.3 Å². The van der Waals surface area contributed by atoms with Crippen LogP contribution in [0.5, 0.6) is 0 Å². The third-order valence-electron chi connectivity index (χ3n) is 4.62. The summed E-state index contributed by atoms with van der Waals surface area (Å²) in [5.74, 6) is -1.19. The van der Waals surface area contributed by atoms with Gasteiger partial charge in [0.2, 0.25) is 0 Å². The molecule has 0 aliphatic carbocycles. The van der Waals surface area contributed by atoms with Crippen molar-refractivity contribution in [3.8, 4) is 6.07 Å². The van der Waals surface area contributed by atoms with E-state index in [9.17, 15) is 23.1 Å². The van der Waals surface area contributed by atoms with Crippen LogP contribution in [0.25, 0.3) is 10.8 Å². The zero-order chi connectivity index (χ0) is 20.0. The number of aromatic nitrogens is 1. The van der Waals surface area contributed by atoms with Gasteiger partial charge in [0.05, 0.1) is 0 Å². The Bertz CT molecular complexity index is 843. The van der Waals surface area contributed by atoms with Gasteiger partial charge in [0.1, 0.15) is 17.5 Å². The topological polar surface area (TPSA) is 74.0 Å². The number of aliphatic hydroxyl groups is 1. The first kappa shape index (κ1) is 20.8. The van der Waals surface area contributed by atoms with Crippen LogP contribution in [0.1, 0.15) is 43.9 Å². The van der Waals surface area contributed by atoms with E-state index in [2.05, 4.69) is 4.98 Å². The number of hydrogen-bond donors (Lipinski definition) is 1. The SMILES string of the molecule is CC(=O)CCC(CCCc1ccc2c(C#N)nccc2c1)C(O)C(F)(F)F. The molecule has 1 N–H and O–H groups in total. The molecule has 0 aliphatic heterocycles. The third-order valence-corrected chi connectivity index (χ3v) is 4.62. The summed E-state index contributed by atoms with van der Waals surface area (Å²) in [5.41, 5.74) is 1.26. The lowest BCUT2D eigenvalue weighted by Crippen LogP contribution is -2.36. The lowest BCUT2D eigenvalue weighted by atomic mass is 9.89. The van der Waals surface area contributed by atoms with E-state index in [-0.39, 0.29) is 25.0 Å². The molecule has 1 aromatic heterocycles. The van der Waals surface area contributed by atoms with Crippen molar-refractivity contribution in [1.82, 2.24) is 4.98 Å². The maximum atomic E-state index is 12.9. The molecular formula is C20H21F3N2O2. The normalized spacial score (nSPS) is 13.9. The summed E-state index contributed by atoms with van der Waals surface area (Å²) in [6.45, 7) is 1.33. The fraction of sp³-hybridized carbons (Fsp3) is 0.450. The average Bonchev–Trinajstić information content (AvgIpc) is 2.62. The Balaban J connectivity index is 2.04. The zero-order valence-corrected chi connectivity index (χ0v) is 15.0. The van der Waals surface area contributed by atoms with Gasteiger partial charge < -0.3 is 9.90 Å². The van der Waals surface area contributed by atoms with Gasteiger partial charge in [0, 0.05) is 18.0 Å². The second-order valence-corrected chi connectivity index (χ2v) is 6.71. The standard InChI is InChI=1S/C20H21F3N2O2/c1-13(26)5-7-15(19(27)20(21,22)23)4-2-3-14-6-8-17-16(11-14)9-10-25-18(17)12-24/h6,8-11,15,19,27H,2-5,7H2,1H3. The predicted octanol–water partition coefficient (Wildman–Crippen LogP) is 4.34. The number of aliphatic hydroxyl groups excluding tert-OH is 1. The minimum atomic E-state index is -4.69. The number of ketones is 1. The predicted molar refractivity (Wildman–Crippen MR) is 94.9 cm³/mol. The molecule has 4 nitrogen and oxygen atoms in total. The minimum Gasteiger partial charge on any atom is -0.383 e. The van der Waals surface area contributed by atoms with Crippen LogP contribution in [0.15, 0.2) is 30.5 Å². The smallest absolute Gasteiger partial charge is 0.383 e. The summed E-state index contributed by atoms with van der Waals surface area (Å²) in [5, 5.41) is 20.2. The number of carbonyl (C=O) groups is 1. The second kappa shape index (κ2) is 8.96. The zero-order valence-electron chi connectivity index (χ0n) is 15.0. The summed E-state index contributed by atoms with van der Waals surface area (Å²) in [6, 6.07) is 9.31. The van der Waals surface area contributed by atoms with E-state index >= 15 is 0 Å². The van der Waals surface area contributed by atoms with E-state index < -0.39 is 18.2 Å². The van der Waals surface area contributed by atoms with Crippen molar-refractivity contribution in [2.75, 3.05) is 0 Å². The summed E-state index contributed by atoms with van der Waals surface area (Å²) in [7, 11) is 0. The van der Waals surface area contributed by atoms with Crippen LogP contribution in [0.4, 0.5) is 13.2 Å². The highest BCUT2D eigenvalue weighted by Crippen LogP contribution is 2.31. The van der Waals surface area contributed by atoms with E-state index in [1.165, 1.54) is 6.92 Å². The first-order valence-electron chi connectivity index (χ1n) is 8.74. The number of halogens is 3. The number of rotatable bonds is 8. The highest BCUT2D eigenvalue weighted by atomic mass is 19.4. The van der Waals surface area contributed by atoms with Gasteiger partial charge in [-0.1, -0.05) is 18.2 Å². The molecule has 144 valence electrons. The van der Waals surface area contributed by atoms with Crippen molar-refractivity contribution in [3.63, 3.8) is 0 Å². The van der Waals surface area contributed by atoms with Crippen LogP contribution in [0, 0.1) is 17.2 Å². The Morgan fingerprint density at radius 1 is 1.30 bits per heavy atom. The molecule has 0 fully saturated rings. The largest absolute Gasteiger partial charge is 0.414 e. The van der Waals surface area contributed by atoms with Crippen LogP contribution in [-0.4, -0.2) is 28.2 Å². The molecule has 1 aromatic carbocycles. The van der Waals surface area contributed by atoms with Crippen molar-refractivity contribution < 1.29 is 23.1 Å². The third kappa shape index (κ3) is 5.76. The average molecular weight is 378 g/mol. The number of hydrogen-bond acceptors (Lipinski definition) is 4. The number of fused-ring (bicyclic) bond motifs is 1. The summed E-state index contributed by atoms with van der Waals surface area (Å²) in [4.78, 5) is 15.1. The van der Waals surface area contributed by atoms with Gasteiger partial charge in [-0.3, -0.25) is 0 Å². The number of aryl methyl sites for hydroxylation is 1. The number of pyridine rings is 1. The van der Waals surface area contributed by atoms with E-state index in [1.54, 1.807) is 18.3 Å². The molecule has 0 spiro atoms. The molecule has 0 amide bonds.